The van der Waals surface area contributed by atoms with Gasteiger partial charge in [-0.15, -0.1) is 11.6 Å². The second kappa shape index (κ2) is 5.75. The molecule has 1 heterocycles. The molecular formula is C10H16ClN3O. The van der Waals surface area contributed by atoms with Gasteiger partial charge in [-0.3, -0.25) is 0 Å². The van der Waals surface area contributed by atoms with Crippen molar-refractivity contribution in [1.29, 1.82) is 0 Å². The van der Waals surface area contributed by atoms with Crippen LogP contribution in [-0.2, 0) is 0 Å². The quantitative estimate of drug-likeness (QED) is 0.724. The van der Waals surface area contributed by atoms with Crippen molar-refractivity contribution in [2.24, 2.45) is 0 Å². The number of hydrogen-bond donors (Lipinski definition) is 0. The van der Waals surface area contributed by atoms with Gasteiger partial charge in [-0.05, 0) is 13.8 Å². The second-order valence-electron chi connectivity index (χ2n) is 3.26. The predicted octanol–water partition coefficient (Wildman–Crippen LogP) is 1.94. The summed E-state index contributed by atoms with van der Waals surface area (Å²) < 4.78 is 5.30. The summed E-state index contributed by atoms with van der Waals surface area (Å²) in [6.45, 7) is 4.56. The summed E-state index contributed by atoms with van der Waals surface area (Å²) in [5.74, 6) is 1.97. The highest BCUT2D eigenvalue weighted by Gasteiger charge is 2.10. The van der Waals surface area contributed by atoms with Crippen molar-refractivity contribution in [2.75, 3.05) is 24.4 Å². The van der Waals surface area contributed by atoms with E-state index < -0.39 is 0 Å². The van der Waals surface area contributed by atoms with Gasteiger partial charge in [0.05, 0.1) is 6.61 Å². The fourth-order valence-corrected chi connectivity index (χ4v) is 1.29. The van der Waals surface area contributed by atoms with Gasteiger partial charge in [0, 0.05) is 25.0 Å². The summed E-state index contributed by atoms with van der Waals surface area (Å²) in [6, 6.07) is 2.04. The Balaban J connectivity index is 2.80. The first-order chi connectivity index (χ1) is 7.19. The average molecular weight is 230 g/mol. The van der Waals surface area contributed by atoms with E-state index in [1.54, 1.807) is 0 Å². The van der Waals surface area contributed by atoms with Crippen molar-refractivity contribution in [1.82, 2.24) is 9.97 Å². The number of aromatic nitrogens is 2. The Morgan fingerprint density at radius 1 is 1.53 bits per heavy atom. The third-order valence-corrected chi connectivity index (χ3v) is 2.61. The van der Waals surface area contributed by atoms with E-state index >= 15 is 0 Å². The van der Waals surface area contributed by atoms with E-state index in [0.29, 0.717) is 18.4 Å². The summed E-state index contributed by atoms with van der Waals surface area (Å²) in [4.78, 5) is 10.2. The van der Waals surface area contributed by atoms with Crippen molar-refractivity contribution in [3.63, 3.8) is 0 Å². The van der Waals surface area contributed by atoms with Gasteiger partial charge in [0.15, 0.2) is 0 Å². The molecule has 0 aliphatic heterocycles. The van der Waals surface area contributed by atoms with Gasteiger partial charge in [0.25, 0.3) is 0 Å². The van der Waals surface area contributed by atoms with Crippen molar-refractivity contribution in [2.45, 2.75) is 19.9 Å². The molecule has 0 amide bonds. The summed E-state index contributed by atoms with van der Waals surface area (Å²) >= 11 is 5.78. The average Bonchev–Trinajstić information content (AvgIpc) is 2.28. The Bertz CT molecular complexity index is 308. The van der Waals surface area contributed by atoms with Crippen LogP contribution in [0.2, 0.25) is 0 Å². The van der Waals surface area contributed by atoms with Gasteiger partial charge in [0.2, 0.25) is 5.88 Å². The predicted molar refractivity (Wildman–Crippen MR) is 61.8 cm³/mol. The van der Waals surface area contributed by atoms with Crippen molar-refractivity contribution < 1.29 is 4.74 Å². The normalized spacial score (nSPS) is 12.3. The molecule has 1 rings (SSSR count). The molecule has 0 fully saturated rings. The van der Waals surface area contributed by atoms with Crippen LogP contribution in [0.3, 0.4) is 0 Å². The molecular weight excluding hydrogens is 214 g/mol. The standard InChI is InChI=1S/C10H16ClN3O/c1-4-15-10-5-9(12-7-13-10)14(3)8(2)6-11/h5,7-8H,4,6H2,1-3H3. The molecule has 0 spiro atoms. The topological polar surface area (TPSA) is 38.2 Å². The Labute approximate surface area is 95.2 Å². The highest BCUT2D eigenvalue weighted by atomic mass is 35.5. The summed E-state index contributed by atoms with van der Waals surface area (Å²) in [6.07, 6.45) is 1.50. The minimum absolute atomic E-state index is 0.232. The number of hydrogen-bond acceptors (Lipinski definition) is 4. The molecule has 1 aromatic rings. The van der Waals surface area contributed by atoms with Crippen LogP contribution in [0.25, 0.3) is 0 Å². The molecule has 15 heavy (non-hydrogen) atoms. The minimum Gasteiger partial charge on any atom is -0.478 e. The highest BCUT2D eigenvalue weighted by Crippen LogP contribution is 2.16. The van der Waals surface area contributed by atoms with Crippen LogP contribution in [-0.4, -0.2) is 35.5 Å². The third kappa shape index (κ3) is 3.23. The fraction of sp³-hybridized carbons (Fsp3) is 0.600. The first-order valence-electron chi connectivity index (χ1n) is 4.92. The first-order valence-corrected chi connectivity index (χ1v) is 5.46. The number of anilines is 1. The number of ether oxygens (including phenoxy) is 1. The van der Waals surface area contributed by atoms with E-state index in [0.717, 1.165) is 5.82 Å². The van der Waals surface area contributed by atoms with E-state index in [1.807, 2.05) is 31.9 Å². The lowest BCUT2D eigenvalue weighted by atomic mass is 10.3. The maximum Gasteiger partial charge on any atom is 0.218 e. The maximum absolute atomic E-state index is 5.78. The van der Waals surface area contributed by atoms with Gasteiger partial charge in [0.1, 0.15) is 12.1 Å². The van der Waals surface area contributed by atoms with Crippen LogP contribution < -0.4 is 9.64 Å². The SMILES string of the molecule is CCOc1cc(N(C)C(C)CCl)ncn1. The summed E-state index contributed by atoms with van der Waals surface area (Å²) in [5, 5.41) is 0. The number of rotatable bonds is 5. The van der Waals surface area contributed by atoms with Crippen LogP contribution in [0.1, 0.15) is 13.8 Å². The van der Waals surface area contributed by atoms with Crippen LogP contribution in [0, 0.1) is 0 Å². The zero-order chi connectivity index (χ0) is 11.3. The fourth-order valence-electron chi connectivity index (χ4n) is 1.08. The zero-order valence-corrected chi connectivity index (χ0v) is 10.0. The van der Waals surface area contributed by atoms with Gasteiger partial charge in [-0.25, -0.2) is 9.97 Å². The Morgan fingerprint density at radius 2 is 2.27 bits per heavy atom. The molecule has 4 nitrogen and oxygen atoms in total. The minimum atomic E-state index is 0.232. The van der Waals surface area contributed by atoms with E-state index in [1.165, 1.54) is 6.33 Å². The lowest BCUT2D eigenvalue weighted by molar-refractivity contribution is 0.326. The highest BCUT2D eigenvalue weighted by molar-refractivity contribution is 6.18. The lowest BCUT2D eigenvalue weighted by Crippen LogP contribution is -2.30. The van der Waals surface area contributed by atoms with Gasteiger partial charge < -0.3 is 9.64 Å². The number of halogens is 1. The molecule has 1 atom stereocenters. The van der Waals surface area contributed by atoms with E-state index in [-0.39, 0.29) is 6.04 Å². The summed E-state index contributed by atoms with van der Waals surface area (Å²) in [7, 11) is 1.95. The Kier molecular flexibility index (Phi) is 4.62. The molecule has 0 aromatic carbocycles. The molecule has 0 radical (unpaired) electrons. The molecule has 1 unspecified atom stereocenters. The first kappa shape index (κ1) is 12.0. The van der Waals surface area contributed by atoms with Gasteiger partial charge in [-0.2, -0.15) is 0 Å². The lowest BCUT2D eigenvalue weighted by Gasteiger charge is -2.23. The zero-order valence-electron chi connectivity index (χ0n) is 9.27. The summed E-state index contributed by atoms with van der Waals surface area (Å²) in [5.41, 5.74) is 0. The Morgan fingerprint density at radius 3 is 2.87 bits per heavy atom. The molecule has 0 bridgehead atoms. The molecule has 5 heteroatoms. The Hall–Kier alpha value is -1.03. The largest absolute Gasteiger partial charge is 0.478 e. The molecule has 1 aromatic heterocycles. The van der Waals surface area contributed by atoms with Gasteiger partial charge >= 0.3 is 0 Å². The molecule has 84 valence electrons. The van der Waals surface area contributed by atoms with Crippen molar-refractivity contribution in [3.05, 3.63) is 12.4 Å². The van der Waals surface area contributed by atoms with Crippen LogP contribution >= 0.6 is 11.6 Å². The van der Waals surface area contributed by atoms with E-state index in [2.05, 4.69) is 9.97 Å². The number of nitrogens with zero attached hydrogens (tertiary/aromatic N) is 3. The molecule has 0 N–H and O–H groups in total. The van der Waals surface area contributed by atoms with Crippen LogP contribution in [0.4, 0.5) is 5.82 Å². The van der Waals surface area contributed by atoms with Gasteiger partial charge in [-0.1, -0.05) is 0 Å². The molecule has 0 aliphatic rings. The van der Waals surface area contributed by atoms with Crippen molar-refractivity contribution in [3.8, 4) is 5.88 Å². The maximum atomic E-state index is 5.78. The second-order valence-corrected chi connectivity index (χ2v) is 3.57. The van der Waals surface area contributed by atoms with Crippen LogP contribution in [0.5, 0.6) is 5.88 Å². The van der Waals surface area contributed by atoms with Crippen LogP contribution in [0.15, 0.2) is 12.4 Å². The monoisotopic (exact) mass is 229 g/mol. The molecule has 0 aliphatic carbocycles. The van der Waals surface area contributed by atoms with E-state index in [4.69, 9.17) is 16.3 Å². The van der Waals surface area contributed by atoms with Crippen molar-refractivity contribution >= 4 is 17.4 Å². The molecule has 0 saturated carbocycles. The third-order valence-electron chi connectivity index (χ3n) is 2.17. The smallest absolute Gasteiger partial charge is 0.218 e. The van der Waals surface area contributed by atoms with E-state index in [9.17, 15) is 0 Å². The number of alkyl halides is 1. The molecule has 0 saturated heterocycles.